The van der Waals surface area contributed by atoms with Crippen molar-refractivity contribution in [2.75, 3.05) is 7.05 Å². The number of nitrogens with zero attached hydrogens (tertiary/aromatic N) is 2. The number of pyridine rings is 1. The Balaban J connectivity index is 2.35. The van der Waals surface area contributed by atoms with Gasteiger partial charge in [0.2, 0.25) is 0 Å². The zero-order chi connectivity index (χ0) is 13.8. The summed E-state index contributed by atoms with van der Waals surface area (Å²) >= 11 is 1.37. The van der Waals surface area contributed by atoms with Gasteiger partial charge in [-0.15, -0.1) is 0 Å². The van der Waals surface area contributed by atoms with E-state index in [0.717, 1.165) is 10.6 Å². The van der Waals surface area contributed by atoms with Crippen LogP contribution in [0.2, 0.25) is 0 Å². The Morgan fingerprint density at radius 1 is 1.47 bits per heavy atom. The fourth-order valence-electron chi connectivity index (χ4n) is 1.67. The molecule has 1 unspecified atom stereocenters. The maximum atomic E-state index is 11.4. The molecule has 0 aliphatic carbocycles. The zero-order valence-corrected chi connectivity index (χ0v) is 11.9. The fourth-order valence-corrected chi connectivity index (χ4v) is 2.67. The molecule has 0 amide bonds. The predicted molar refractivity (Wildman–Crippen MR) is 75.4 cm³/mol. The van der Waals surface area contributed by atoms with Crippen LogP contribution in [0.25, 0.3) is 0 Å². The summed E-state index contributed by atoms with van der Waals surface area (Å²) in [4.78, 5) is 22.8. The van der Waals surface area contributed by atoms with Crippen molar-refractivity contribution in [1.29, 1.82) is 0 Å². The summed E-state index contributed by atoms with van der Waals surface area (Å²) in [6, 6.07) is 5.58. The van der Waals surface area contributed by atoms with Gasteiger partial charge in [0.25, 0.3) is 5.56 Å². The van der Waals surface area contributed by atoms with Gasteiger partial charge in [-0.25, -0.2) is 9.97 Å². The standard InChI is InChI=1S/C13H16N4OS/c1-8-7-11(18)17-13(16-8)19-12-10(9(2)14-3)5-4-6-15-12/h4-7,9,14H,1-3H3,(H,16,17,18). The van der Waals surface area contributed by atoms with Gasteiger partial charge >= 0.3 is 0 Å². The fraction of sp³-hybridized carbons (Fsp3) is 0.308. The van der Waals surface area contributed by atoms with Crippen molar-refractivity contribution in [3.8, 4) is 0 Å². The minimum Gasteiger partial charge on any atom is -0.313 e. The number of aromatic amines is 1. The molecule has 0 aliphatic heterocycles. The highest BCUT2D eigenvalue weighted by Crippen LogP contribution is 2.28. The average Bonchev–Trinajstić information content (AvgIpc) is 2.37. The first-order valence-corrected chi connectivity index (χ1v) is 6.80. The lowest BCUT2D eigenvalue weighted by Gasteiger charge is -2.13. The highest BCUT2D eigenvalue weighted by atomic mass is 32.2. The Morgan fingerprint density at radius 3 is 2.95 bits per heavy atom. The SMILES string of the molecule is CNC(C)c1cccnc1Sc1nc(C)cc(=O)[nH]1. The van der Waals surface area contributed by atoms with Crippen LogP contribution in [0.3, 0.4) is 0 Å². The molecule has 19 heavy (non-hydrogen) atoms. The first kappa shape index (κ1) is 13.8. The summed E-state index contributed by atoms with van der Waals surface area (Å²) in [7, 11) is 1.90. The average molecular weight is 276 g/mol. The van der Waals surface area contributed by atoms with E-state index in [2.05, 4.69) is 27.2 Å². The maximum absolute atomic E-state index is 11.4. The van der Waals surface area contributed by atoms with Gasteiger partial charge in [0, 0.05) is 29.6 Å². The molecule has 0 spiro atoms. The molecule has 0 bridgehead atoms. The van der Waals surface area contributed by atoms with Crippen molar-refractivity contribution in [3.05, 3.63) is 46.0 Å². The van der Waals surface area contributed by atoms with Gasteiger partial charge in [-0.05, 0) is 38.7 Å². The molecule has 0 saturated heterocycles. The molecule has 0 aliphatic rings. The quantitative estimate of drug-likeness (QED) is 0.835. The number of aromatic nitrogens is 3. The lowest BCUT2D eigenvalue weighted by atomic mass is 10.1. The summed E-state index contributed by atoms with van der Waals surface area (Å²) in [5.74, 6) is 0. The van der Waals surface area contributed by atoms with E-state index in [1.54, 1.807) is 13.1 Å². The normalized spacial score (nSPS) is 12.4. The topological polar surface area (TPSA) is 70.7 Å². The number of H-pyrrole nitrogens is 1. The van der Waals surface area contributed by atoms with E-state index < -0.39 is 0 Å². The van der Waals surface area contributed by atoms with Crippen LogP contribution < -0.4 is 10.9 Å². The van der Waals surface area contributed by atoms with E-state index in [9.17, 15) is 4.79 Å². The van der Waals surface area contributed by atoms with Gasteiger partial charge in [-0.3, -0.25) is 4.79 Å². The molecule has 0 fully saturated rings. The molecule has 0 aromatic carbocycles. The molecular weight excluding hydrogens is 260 g/mol. The molecule has 5 nitrogen and oxygen atoms in total. The highest BCUT2D eigenvalue weighted by molar-refractivity contribution is 7.99. The van der Waals surface area contributed by atoms with Crippen LogP contribution in [0.4, 0.5) is 0 Å². The molecule has 2 aromatic heterocycles. The Morgan fingerprint density at radius 2 is 2.26 bits per heavy atom. The summed E-state index contributed by atoms with van der Waals surface area (Å²) in [5, 5.41) is 4.59. The van der Waals surface area contributed by atoms with Crippen molar-refractivity contribution in [2.45, 2.75) is 30.1 Å². The van der Waals surface area contributed by atoms with Crippen LogP contribution >= 0.6 is 11.8 Å². The third-order valence-corrected chi connectivity index (χ3v) is 3.66. The third-order valence-electron chi connectivity index (χ3n) is 2.74. The number of nitrogens with one attached hydrogen (secondary N) is 2. The number of aryl methyl sites for hydroxylation is 1. The molecule has 2 rings (SSSR count). The van der Waals surface area contributed by atoms with E-state index in [1.807, 2.05) is 19.2 Å². The minimum absolute atomic E-state index is 0.144. The van der Waals surface area contributed by atoms with Gasteiger partial charge in [0.05, 0.1) is 0 Å². The monoisotopic (exact) mass is 276 g/mol. The molecular formula is C13H16N4OS. The molecule has 0 radical (unpaired) electrons. The summed E-state index contributed by atoms with van der Waals surface area (Å²) in [6.07, 6.45) is 1.74. The van der Waals surface area contributed by atoms with Crippen LogP contribution in [0.15, 0.2) is 39.4 Å². The third kappa shape index (κ3) is 3.42. The van der Waals surface area contributed by atoms with E-state index in [4.69, 9.17) is 0 Å². The van der Waals surface area contributed by atoms with Crippen LogP contribution in [0.1, 0.15) is 24.2 Å². The van der Waals surface area contributed by atoms with E-state index in [0.29, 0.717) is 10.9 Å². The molecule has 2 N–H and O–H groups in total. The minimum atomic E-state index is -0.144. The van der Waals surface area contributed by atoms with Crippen molar-refractivity contribution < 1.29 is 0 Å². The van der Waals surface area contributed by atoms with Crippen LogP contribution in [0, 0.1) is 6.92 Å². The molecule has 0 saturated carbocycles. The van der Waals surface area contributed by atoms with Crippen molar-refractivity contribution in [1.82, 2.24) is 20.3 Å². The van der Waals surface area contributed by atoms with Crippen molar-refractivity contribution in [3.63, 3.8) is 0 Å². The summed E-state index contributed by atoms with van der Waals surface area (Å²) < 4.78 is 0. The number of hydrogen-bond donors (Lipinski definition) is 2. The molecule has 2 heterocycles. The maximum Gasteiger partial charge on any atom is 0.251 e. The second-order valence-corrected chi connectivity index (χ2v) is 5.18. The Bertz CT molecular complexity index is 626. The van der Waals surface area contributed by atoms with Crippen LogP contribution in [-0.2, 0) is 0 Å². The highest BCUT2D eigenvalue weighted by Gasteiger charge is 2.12. The van der Waals surface area contributed by atoms with Crippen molar-refractivity contribution >= 4 is 11.8 Å². The Hall–Kier alpha value is -1.66. The zero-order valence-electron chi connectivity index (χ0n) is 11.1. The van der Waals surface area contributed by atoms with Gasteiger partial charge in [0.15, 0.2) is 5.16 Å². The molecule has 1 atom stereocenters. The van der Waals surface area contributed by atoms with E-state index in [1.165, 1.54) is 17.8 Å². The van der Waals surface area contributed by atoms with Gasteiger partial charge < -0.3 is 10.3 Å². The summed E-state index contributed by atoms with van der Waals surface area (Å²) in [6.45, 7) is 3.86. The van der Waals surface area contributed by atoms with Crippen LogP contribution in [0.5, 0.6) is 0 Å². The van der Waals surface area contributed by atoms with E-state index in [-0.39, 0.29) is 11.6 Å². The smallest absolute Gasteiger partial charge is 0.251 e. The lowest BCUT2D eigenvalue weighted by Crippen LogP contribution is -2.14. The van der Waals surface area contributed by atoms with Gasteiger partial charge in [0.1, 0.15) is 5.03 Å². The van der Waals surface area contributed by atoms with Crippen molar-refractivity contribution in [2.24, 2.45) is 0 Å². The molecule has 6 heteroatoms. The summed E-state index contributed by atoms with van der Waals surface area (Å²) in [5.41, 5.74) is 1.64. The van der Waals surface area contributed by atoms with Crippen LogP contribution in [-0.4, -0.2) is 22.0 Å². The van der Waals surface area contributed by atoms with Gasteiger partial charge in [-0.1, -0.05) is 6.07 Å². The predicted octanol–water partition coefficient (Wildman–Crippen LogP) is 1.90. The Labute approximate surface area is 115 Å². The van der Waals surface area contributed by atoms with E-state index >= 15 is 0 Å². The molecule has 100 valence electrons. The Kier molecular flexibility index (Phi) is 4.34. The van der Waals surface area contributed by atoms with Gasteiger partial charge in [-0.2, -0.15) is 0 Å². The second kappa shape index (κ2) is 5.99. The number of hydrogen-bond acceptors (Lipinski definition) is 5. The number of rotatable bonds is 4. The first-order chi connectivity index (χ1) is 9.10. The molecule has 2 aromatic rings. The largest absolute Gasteiger partial charge is 0.313 e. The lowest BCUT2D eigenvalue weighted by molar-refractivity contribution is 0.634. The first-order valence-electron chi connectivity index (χ1n) is 5.98. The second-order valence-electron chi connectivity index (χ2n) is 4.20.